The molecule has 0 heterocycles. The number of carboxylic acid groups (broad SMARTS) is 1. The van der Waals surface area contributed by atoms with Crippen LogP contribution in [0.1, 0.15) is 24.0 Å². The molecule has 0 fully saturated rings. The van der Waals surface area contributed by atoms with Gasteiger partial charge in [-0.15, -0.1) is 0 Å². The lowest BCUT2D eigenvalue weighted by molar-refractivity contribution is -0.137. The average Bonchev–Trinajstić information content (AvgIpc) is 2.27. The van der Waals surface area contributed by atoms with Crippen LogP contribution in [0.3, 0.4) is 0 Å². The molecular formula is C13H18FNO2. The van der Waals surface area contributed by atoms with E-state index in [0.717, 1.165) is 18.5 Å². The average molecular weight is 239 g/mol. The Labute approximate surface area is 101 Å². The van der Waals surface area contributed by atoms with E-state index in [1.165, 1.54) is 6.07 Å². The molecule has 4 heteroatoms. The summed E-state index contributed by atoms with van der Waals surface area (Å²) in [5, 5.41) is 11.6. The lowest BCUT2D eigenvalue weighted by Crippen LogP contribution is -2.19. The van der Waals surface area contributed by atoms with Gasteiger partial charge in [-0.2, -0.15) is 0 Å². The van der Waals surface area contributed by atoms with Gasteiger partial charge in [0.1, 0.15) is 5.82 Å². The van der Waals surface area contributed by atoms with Gasteiger partial charge in [-0.3, -0.25) is 4.79 Å². The van der Waals surface area contributed by atoms with Crippen molar-refractivity contribution in [2.75, 3.05) is 13.1 Å². The molecule has 17 heavy (non-hydrogen) atoms. The van der Waals surface area contributed by atoms with Gasteiger partial charge in [0, 0.05) is 6.42 Å². The normalized spacial score (nSPS) is 10.5. The lowest BCUT2D eigenvalue weighted by Gasteiger charge is -2.05. The fourth-order valence-electron chi connectivity index (χ4n) is 1.58. The summed E-state index contributed by atoms with van der Waals surface area (Å²) >= 11 is 0. The van der Waals surface area contributed by atoms with Crippen LogP contribution in [0, 0.1) is 12.7 Å². The molecule has 0 saturated carbocycles. The van der Waals surface area contributed by atoms with Crippen LogP contribution in [0.5, 0.6) is 0 Å². The molecule has 2 N–H and O–H groups in total. The summed E-state index contributed by atoms with van der Waals surface area (Å²) in [6.07, 6.45) is 1.66. The number of aliphatic carboxylic acids is 1. The van der Waals surface area contributed by atoms with Crippen molar-refractivity contribution in [3.05, 3.63) is 35.1 Å². The van der Waals surface area contributed by atoms with E-state index in [1.54, 1.807) is 13.0 Å². The van der Waals surface area contributed by atoms with Gasteiger partial charge in [-0.25, -0.2) is 4.39 Å². The van der Waals surface area contributed by atoms with Crippen molar-refractivity contribution in [1.82, 2.24) is 5.32 Å². The first-order chi connectivity index (χ1) is 8.09. The smallest absolute Gasteiger partial charge is 0.303 e. The highest BCUT2D eigenvalue weighted by atomic mass is 19.1. The molecule has 0 unspecified atom stereocenters. The van der Waals surface area contributed by atoms with Gasteiger partial charge in [-0.05, 0) is 50.0 Å². The van der Waals surface area contributed by atoms with Gasteiger partial charge in [0.25, 0.3) is 0 Å². The maximum atomic E-state index is 13.0. The third kappa shape index (κ3) is 5.45. The predicted molar refractivity (Wildman–Crippen MR) is 64.6 cm³/mol. The van der Waals surface area contributed by atoms with Crippen LogP contribution in [0.25, 0.3) is 0 Å². The molecule has 0 saturated heterocycles. The maximum Gasteiger partial charge on any atom is 0.303 e. The van der Waals surface area contributed by atoms with Crippen molar-refractivity contribution in [2.24, 2.45) is 0 Å². The Morgan fingerprint density at radius 2 is 2.18 bits per heavy atom. The summed E-state index contributed by atoms with van der Waals surface area (Å²) < 4.78 is 13.0. The van der Waals surface area contributed by atoms with Crippen LogP contribution in [0.4, 0.5) is 4.39 Å². The molecule has 0 radical (unpaired) electrons. The molecule has 0 aliphatic carbocycles. The predicted octanol–water partition coefficient (Wildman–Crippen LogP) is 2.13. The maximum absolute atomic E-state index is 13.0. The zero-order valence-electron chi connectivity index (χ0n) is 10.0. The van der Waals surface area contributed by atoms with Crippen LogP contribution in [-0.2, 0) is 11.2 Å². The summed E-state index contributed by atoms with van der Waals surface area (Å²) in [5.74, 6) is -0.941. The number of rotatable bonds is 7. The summed E-state index contributed by atoms with van der Waals surface area (Å²) in [5.41, 5.74) is 1.75. The molecule has 0 bridgehead atoms. The van der Waals surface area contributed by atoms with Gasteiger partial charge < -0.3 is 10.4 Å². The first kappa shape index (κ1) is 13.6. The van der Waals surface area contributed by atoms with E-state index in [9.17, 15) is 9.18 Å². The van der Waals surface area contributed by atoms with Gasteiger partial charge in [0.2, 0.25) is 0 Å². The zero-order valence-corrected chi connectivity index (χ0v) is 10.0. The van der Waals surface area contributed by atoms with Crippen LogP contribution in [-0.4, -0.2) is 24.2 Å². The van der Waals surface area contributed by atoms with Crippen LogP contribution in [0.2, 0.25) is 0 Å². The van der Waals surface area contributed by atoms with Crippen molar-refractivity contribution in [3.63, 3.8) is 0 Å². The van der Waals surface area contributed by atoms with Crippen molar-refractivity contribution < 1.29 is 14.3 Å². The molecule has 0 aliphatic rings. The third-order valence-electron chi connectivity index (χ3n) is 2.56. The minimum absolute atomic E-state index is 0.178. The highest BCUT2D eigenvalue weighted by Crippen LogP contribution is 2.09. The molecule has 0 spiro atoms. The molecule has 1 rings (SSSR count). The first-order valence-electron chi connectivity index (χ1n) is 5.77. The standard InChI is InChI=1S/C13H18FNO2/c1-10-9-11(4-5-12(10)14)6-8-15-7-2-3-13(16)17/h4-5,9,15H,2-3,6-8H2,1H3,(H,16,17). The Balaban J connectivity index is 2.18. The summed E-state index contributed by atoms with van der Waals surface area (Å²) in [6, 6.07) is 5.10. The summed E-state index contributed by atoms with van der Waals surface area (Å²) in [4.78, 5) is 10.3. The molecule has 1 aromatic carbocycles. The van der Waals surface area contributed by atoms with Crippen molar-refractivity contribution >= 4 is 5.97 Å². The molecule has 1 aromatic rings. The van der Waals surface area contributed by atoms with Crippen molar-refractivity contribution in [2.45, 2.75) is 26.2 Å². The number of halogens is 1. The van der Waals surface area contributed by atoms with E-state index >= 15 is 0 Å². The highest BCUT2D eigenvalue weighted by Gasteiger charge is 1.99. The van der Waals surface area contributed by atoms with E-state index in [-0.39, 0.29) is 12.2 Å². The number of hydrogen-bond donors (Lipinski definition) is 2. The Bertz CT molecular complexity index is 380. The molecule has 0 atom stereocenters. The SMILES string of the molecule is Cc1cc(CCNCCCC(=O)O)ccc1F. The molecule has 0 aromatic heterocycles. The van der Waals surface area contributed by atoms with Crippen LogP contribution >= 0.6 is 0 Å². The second-order valence-electron chi connectivity index (χ2n) is 4.08. The van der Waals surface area contributed by atoms with E-state index in [1.807, 2.05) is 6.07 Å². The van der Waals surface area contributed by atoms with Gasteiger partial charge >= 0.3 is 5.97 Å². The fourth-order valence-corrected chi connectivity index (χ4v) is 1.58. The summed E-state index contributed by atoms with van der Waals surface area (Å²) in [7, 11) is 0. The highest BCUT2D eigenvalue weighted by molar-refractivity contribution is 5.66. The van der Waals surface area contributed by atoms with Crippen molar-refractivity contribution in [3.8, 4) is 0 Å². The van der Waals surface area contributed by atoms with Crippen LogP contribution in [0.15, 0.2) is 18.2 Å². The quantitative estimate of drug-likeness (QED) is 0.717. The molecule has 3 nitrogen and oxygen atoms in total. The number of aryl methyl sites for hydroxylation is 1. The lowest BCUT2D eigenvalue weighted by atomic mass is 10.1. The molecule has 94 valence electrons. The second-order valence-corrected chi connectivity index (χ2v) is 4.08. The fraction of sp³-hybridized carbons (Fsp3) is 0.462. The summed E-state index contributed by atoms with van der Waals surface area (Å²) in [6.45, 7) is 3.23. The minimum Gasteiger partial charge on any atom is -0.481 e. The number of nitrogens with one attached hydrogen (secondary N) is 1. The molecular weight excluding hydrogens is 221 g/mol. The number of carbonyl (C=O) groups is 1. The number of benzene rings is 1. The Kier molecular flexibility index (Phi) is 5.63. The molecule has 0 amide bonds. The van der Waals surface area contributed by atoms with E-state index < -0.39 is 5.97 Å². The minimum atomic E-state index is -0.763. The number of hydrogen-bond acceptors (Lipinski definition) is 2. The van der Waals surface area contributed by atoms with E-state index in [2.05, 4.69) is 5.32 Å². The molecule has 0 aliphatic heterocycles. The Morgan fingerprint density at radius 3 is 2.82 bits per heavy atom. The van der Waals surface area contributed by atoms with Crippen LogP contribution < -0.4 is 5.32 Å². The monoisotopic (exact) mass is 239 g/mol. The zero-order chi connectivity index (χ0) is 12.7. The largest absolute Gasteiger partial charge is 0.481 e. The number of carboxylic acids is 1. The van der Waals surface area contributed by atoms with Crippen molar-refractivity contribution in [1.29, 1.82) is 0 Å². The van der Waals surface area contributed by atoms with Gasteiger partial charge in [0.15, 0.2) is 0 Å². The van der Waals surface area contributed by atoms with E-state index in [4.69, 9.17) is 5.11 Å². The second kappa shape index (κ2) is 7.01. The Hall–Kier alpha value is -1.42. The topological polar surface area (TPSA) is 49.3 Å². The first-order valence-corrected chi connectivity index (χ1v) is 5.77. The van der Waals surface area contributed by atoms with Gasteiger partial charge in [-0.1, -0.05) is 12.1 Å². The Morgan fingerprint density at radius 1 is 1.41 bits per heavy atom. The third-order valence-corrected chi connectivity index (χ3v) is 2.56. The van der Waals surface area contributed by atoms with Gasteiger partial charge in [0.05, 0.1) is 0 Å². The van der Waals surface area contributed by atoms with E-state index in [0.29, 0.717) is 18.5 Å².